The van der Waals surface area contributed by atoms with Crippen molar-refractivity contribution in [3.8, 4) is 11.1 Å². The molecule has 0 saturated carbocycles. The van der Waals surface area contributed by atoms with Gasteiger partial charge in [0, 0.05) is 17.8 Å². The zero-order valence-corrected chi connectivity index (χ0v) is 19.7. The number of fused-ring (bicyclic) bond motifs is 8. The number of amides is 1. The summed E-state index contributed by atoms with van der Waals surface area (Å²) in [6.45, 7) is 4.17. The molecular formula is C29H23F2N3O2. The van der Waals surface area contributed by atoms with Crippen LogP contribution >= 0.6 is 0 Å². The number of carbonyl (C=O) groups excluding carboxylic acids is 1. The maximum atomic E-state index is 14.3. The second kappa shape index (κ2) is 8.24. The van der Waals surface area contributed by atoms with E-state index in [2.05, 4.69) is 10.3 Å². The Labute approximate surface area is 206 Å². The molecule has 2 unspecified atom stereocenters. The Morgan fingerprint density at radius 1 is 0.944 bits per heavy atom. The molecule has 3 aromatic carbocycles. The molecule has 1 amide bonds. The van der Waals surface area contributed by atoms with Gasteiger partial charge in [-0.15, -0.1) is 0 Å². The smallest absolute Gasteiger partial charge is 0.251 e. The molecular weight excluding hydrogens is 460 g/mol. The lowest BCUT2D eigenvalue weighted by atomic mass is 9.83. The van der Waals surface area contributed by atoms with Gasteiger partial charge in [-0.05, 0) is 89.2 Å². The van der Waals surface area contributed by atoms with Crippen molar-refractivity contribution in [2.45, 2.75) is 32.6 Å². The zero-order chi connectivity index (χ0) is 25.1. The van der Waals surface area contributed by atoms with Crippen LogP contribution in [0.4, 0.5) is 14.6 Å². The minimum atomic E-state index is -0.602. The molecule has 36 heavy (non-hydrogen) atoms. The monoisotopic (exact) mass is 483 g/mol. The lowest BCUT2D eigenvalue weighted by Gasteiger charge is -2.18. The molecule has 0 fully saturated rings. The van der Waals surface area contributed by atoms with Crippen molar-refractivity contribution in [1.82, 2.24) is 10.3 Å². The van der Waals surface area contributed by atoms with Gasteiger partial charge in [-0.1, -0.05) is 24.3 Å². The van der Waals surface area contributed by atoms with Crippen LogP contribution in [0.25, 0.3) is 11.1 Å². The van der Waals surface area contributed by atoms with Gasteiger partial charge in [-0.3, -0.25) is 4.79 Å². The number of carbonyl (C=O) groups is 1. The first-order chi connectivity index (χ1) is 17.3. The molecule has 0 aliphatic carbocycles. The maximum Gasteiger partial charge on any atom is 0.251 e. The number of hydrogen-bond donors (Lipinski definition) is 2. The normalized spacial score (nSPS) is 17.1. The molecule has 2 aliphatic heterocycles. The Bertz CT molecular complexity index is 1520. The molecule has 4 aromatic rings. The van der Waals surface area contributed by atoms with Gasteiger partial charge < -0.3 is 15.8 Å². The standard InChI is InChI=1S/C29H23F2N3O2/c1-14-10-25(32)34-15(2)22(14)13-33-29(35)17-7-9-19-21(12-17)28-18-8-6-16(11-20(18)27(19)36-28)26-23(30)4-3-5-24(26)31/h3-12,27-28H,13H2,1-2H3,(H2,32,34)(H,33,35). The Morgan fingerprint density at radius 3 is 2.31 bits per heavy atom. The van der Waals surface area contributed by atoms with Gasteiger partial charge in [-0.25, -0.2) is 13.8 Å². The van der Waals surface area contributed by atoms with Crippen molar-refractivity contribution in [3.63, 3.8) is 0 Å². The number of aromatic nitrogens is 1. The molecule has 5 nitrogen and oxygen atoms in total. The van der Waals surface area contributed by atoms with Crippen molar-refractivity contribution in [1.29, 1.82) is 0 Å². The molecule has 0 spiro atoms. The number of aryl methyl sites for hydroxylation is 2. The van der Waals surface area contributed by atoms with E-state index in [-0.39, 0.29) is 23.7 Å². The Hall–Kier alpha value is -4.10. The van der Waals surface area contributed by atoms with Gasteiger partial charge in [0.25, 0.3) is 5.91 Å². The number of halogens is 2. The third-order valence-electron chi connectivity index (χ3n) is 7.09. The van der Waals surface area contributed by atoms with Crippen LogP contribution in [0.3, 0.4) is 0 Å². The van der Waals surface area contributed by atoms with E-state index in [1.54, 1.807) is 24.3 Å². The molecule has 3 N–H and O–H groups in total. The summed E-state index contributed by atoms with van der Waals surface area (Å²) in [6.07, 6.45) is -0.656. The van der Waals surface area contributed by atoms with E-state index in [4.69, 9.17) is 10.5 Å². The molecule has 180 valence electrons. The van der Waals surface area contributed by atoms with Crippen LogP contribution in [0.1, 0.15) is 61.6 Å². The van der Waals surface area contributed by atoms with E-state index in [9.17, 15) is 13.6 Å². The topological polar surface area (TPSA) is 77.2 Å². The number of benzene rings is 3. The fourth-order valence-corrected chi connectivity index (χ4v) is 5.34. The van der Waals surface area contributed by atoms with Crippen LogP contribution in [0.15, 0.2) is 60.7 Å². The summed E-state index contributed by atoms with van der Waals surface area (Å²) in [7, 11) is 0. The SMILES string of the molecule is Cc1cc(N)nc(C)c1CNC(=O)c1ccc2c(c1)C1OC2c2cc(-c3c(F)cccc3F)ccc21. The number of nitrogens with zero attached hydrogens (tertiary/aromatic N) is 1. The summed E-state index contributed by atoms with van der Waals surface area (Å²) in [5.74, 6) is -0.938. The maximum absolute atomic E-state index is 14.3. The van der Waals surface area contributed by atoms with Crippen LogP contribution in [0, 0.1) is 25.5 Å². The quantitative estimate of drug-likeness (QED) is 0.392. The van der Waals surface area contributed by atoms with Crippen LogP contribution < -0.4 is 11.1 Å². The minimum absolute atomic E-state index is 0.0444. The number of nitrogen functional groups attached to an aromatic ring is 1. The highest BCUT2D eigenvalue weighted by atomic mass is 19.1. The molecule has 1 aromatic heterocycles. The Kier molecular flexibility index (Phi) is 5.12. The summed E-state index contributed by atoms with van der Waals surface area (Å²) in [5, 5.41) is 2.98. The van der Waals surface area contributed by atoms with Gasteiger partial charge in [0.1, 0.15) is 29.7 Å². The predicted molar refractivity (Wildman–Crippen MR) is 132 cm³/mol. The van der Waals surface area contributed by atoms with Crippen LogP contribution in [-0.4, -0.2) is 10.9 Å². The molecule has 2 bridgehead atoms. The van der Waals surface area contributed by atoms with Crippen molar-refractivity contribution in [2.75, 3.05) is 5.73 Å². The molecule has 2 atom stereocenters. The molecule has 3 heterocycles. The van der Waals surface area contributed by atoms with Gasteiger partial charge in [0.15, 0.2) is 0 Å². The van der Waals surface area contributed by atoms with E-state index >= 15 is 0 Å². The largest absolute Gasteiger partial charge is 0.384 e. The molecule has 0 saturated heterocycles. The highest BCUT2D eigenvalue weighted by molar-refractivity contribution is 5.94. The van der Waals surface area contributed by atoms with Crippen LogP contribution in [-0.2, 0) is 11.3 Å². The first-order valence-electron chi connectivity index (χ1n) is 11.7. The van der Waals surface area contributed by atoms with Crippen molar-refractivity contribution >= 4 is 11.7 Å². The summed E-state index contributed by atoms with van der Waals surface area (Å²) in [4.78, 5) is 17.2. The number of pyridine rings is 1. The summed E-state index contributed by atoms with van der Waals surface area (Å²) in [6, 6.07) is 16.6. The number of ether oxygens (including phenoxy) is 1. The summed E-state index contributed by atoms with van der Waals surface area (Å²) >= 11 is 0. The second-order valence-electron chi connectivity index (χ2n) is 9.29. The lowest BCUT2D eigenvalue weighted by Crippen LogP contribution is -2.24. The van der Waals surface area contributed by atoms with Crippen molar-refractivity contribution in [3.05, 3.63) is 117 Å². The van der Waals surface area contributed by atoms with Crippen molar-refractivity contribution in [2.24, 2.45) is 0 Å². The fourth-order valence-electron chi connectivity index (χ4n) is 5.34. The first-order valence-corrected chi connectivity index (χ1v) is 11.7. The second-order valence-corrected chi connectivity index (χ2v) is 9.29. The average molecular weight is 484 g/mol. The van der Waals surface area contributed by atoms with Crippen molar-refractivity contribution < 1.29 is 18.3 Å². The predicted octanol–water partition coefficient (Wildman–Crippen LogP) is 5.68. The average Bonchev–Trinajstić information content (AvgIpc) is 3.40. The van der Waals surface area contributed by atoms with E-state index in [0.29, 0.717) is 23.5 Å². The highest BCUT2D eigenvalue weighted by Crippen LogP contribution is 2.55. The molecule has 7 heteroatoms. The van der Waals surface area contributed by atoms with Crippen LogP contribution in [0.2, 0.25) is 0 Å². The molecule has 2 aliphatic rings. The third-order valence-corrected chi connectivity index (χ3v) is 7.09. The number of nitrogens with one attached hydrogen (secondary N) is 1. The van der Waals surface area contributed by atoms with Crippen LogP contribution in [0.5, 0.6) is 0 Å². The fraction of sp³-hybridized carbons (Fsp3) is 0.172. The molecule has 6 rings (SSSR count). The zero-order valence-electron chi connectivity index (χ0n) is 19.7. The van der Waals surface area contributed by atoms with Gasteiger partial charge in [0.2, 0.25) is 0 Å². The van der Waals surface area contributed by atoms with E-state index in [1.165, 1.54) is 18.2 Å². The van der Waals surface area contributed by atoms with E-state index in [1.807, 2.05) is 32.0 Å². The Balaban J connectivity index is 1.26. The summed E-state index contributed by atoms with van der Waals surface area (Å²) in [5.41, 5.74) is 13.2. The summed E-state index contributed by atoms with van der Waals surface area (Å²) < 4.78 is 34.9. The highest BCUT2D eigenvalue weighted by Gasteiger charge is 2.43. The third kappa shape index (κ3) is 3.46. The minimum Gasteiger partial charge on any atom is -0.384 e. The number of nitrogens with two attached hydrogens (primary N) is 1. The number of anilines is 1. The first kappa shape index (κ1) is 22.4. The van der Waals surface area contributed by atoms with E-state index in [0.717, 1.165) is 39.1 Å². The van der Waals surface area contributed by atoms with Gasteiger partial charge in [-0.2, -0.15) is 0 Å². The van der Waals surface area contributed by atoms with E-state index < -0.39 is 11.6 Å². The number of rotatable bonds is 4. The number of hydrogen-bond acceptors (Lipinski definition) is 4. The van der Waals surface area contributed by atoms with Gasteiger partial charge in [0.05, 0.1) is 5.56 Å². The Morgan fingerprint density at radius 2 is 1.61 bits per heavy atom. The molecule has 0 radical (unpaired) electrons. The lowest BCUT2D eigenvalue weighted by molar-refractivity contribution is 0.0857. The van der Waals surface area contributed by atoms with Gasteiger partial charge >= 0.3 is 0 Å².